The number of β-amino-alcohol motifs (C(OH)–C–C–N with tert-alkyl or cyclic N) is 1. The lowest BCUT2D eigenvalue weighted by molar-refractivity contribution is -0.116. The van der Waals surface area contributed by atoms with Gasteiger partial charge in [-0.1, -0.05) is 0 Å². The van der Waals surface area contributed by atoms with E-state index in [0.29, 0.717) is 13.0 Å². The predicted octanol–water partition coefficient (Wildman–Crippen LogP) is -1.25. The number of rotatable bonds is 1. The lowest BCUT2D eigenvalue weighted by Crippen LogP contribution is -2.49. The van der Waals surface area contributed by atoms with E-state index in [9.17, 15) is 19.8 Å². The van der Waals surface area contributed by atoms with Crippen molar-refractivity contribution in [2.24, 2.45) is 0 Å². The number of aliphatic hydroxyl groups is 2. The van der Waals surface area contributed by atoms with Gasteiger partial charge >= 0.3 is 6.03 Å². The van der Waals surface area contributed by atoms with Crippen molar-refractivity contribution in [3.8, 4) is 0 Å². The second kappa shape index (κ2) is 4.59. The van der Waals surface area contributed by atoms with E-state index in [1.807, 2.05) is 0 Å². The molecule has 3 aliphatic rings. The first-order chi connectivity index (χ1) is 9.06. The minimum atomic E-state index is -0.971. The molecule has 0 spiro atoms. The maximum absolute atomic E-state index is 12.0. The van der Waals surface area contributed by atoms with Crippen LogP contribution in [0.15, 0.2) is 11.8 Å². The number of nitrogens with zero attached hydrogens (tertiary/aromatic N) is 1. The fraction of sp³-hybridized carbons (Fsp3) is 0.667. The van der Waals surface area contributed by atoms with Crippen molar-refractivity contribution >= 4 is 11.8 Å². The molecule has 2 amide bonds. The zero-order valence-electron chi connectivity index (χ0n) is 10.3. The number of hydrogen-bond acceptors (Lipinski definition) is 5. The normalized spacial score (nSPS) is 37.5. The average Bonchev–Trinajstić information content (AvgIpc) is 3.16. The van der Waals surface area contributed by atoms with Crippen molar-refractivity contribution in [3.05, 3.63) is 11.8 Å². The van der Waals surface area contributed by atoms with E-state index < -0.39 is 30.4 Å². The van der Waals surface area contributed by atoms with E-state index in [1.165, 1.54) is 11.0 Å². The Labute approximate surface area is 109 Å². The number of ether oxygens (including phenoxy) is 1. The van der Waals surface area contributed by atoms with Crippen molar-refractivity contribution in [2.75, 3.05) is 13.1 Å². The summed E-state index contributed by atoms with van der Waals surface area (Å²) in [6.07, 6.45) is 0.0849. The van der Waals surface area contributed by atoms with Crippen LogP contribution in [-0.4, -0.2) is 64.4 Å². The summed E-state index contributed by atoms with van der Waals surface area (Å²) in [5.41, 5.74) is 0.175. The molecule has 4 unspecified atom stereocenters. The van der Waals surface area contributed by atoms with Crippen LogP contribution in [0.4, 0.5) is 4.79 Å². The van der Waals surface area contributed by atoms with Crippen LogP contribution in [0.2, 0.25) is 0 Å². The number of nitrogens with one attached hydrogen (secondary N) is 1. The molecule has 7 heteroatoms. The van der Waals surface area contributed by atoms with Crippen molar-refractivity contribution in [2.45, 2.75) is 37.3 Å². The van der Waals surface area contributed by atoms with E-state index in [-0.39, 0.29) is 18.0 Å². The fourth-order valence-corrected chi connectivity index (χ4v) is 2.54. The number of hydrogen-bond donors (Lipinski definition) is 3. The molecule has 0 aromatic carbocycles. The second-order valence-corrected chi connectivity index (χ2v) is 5.14. The third-order valence-electron chi connectivity index (χ3n) is 3.67. The number of amides is 2. The Morgan fingerprint density at radius 1 is 1.47 bits per heavy atom. The molecule has 2 saturated heterocycles. The van der Waals surface area contributed by atoms with Gasteiger partial charge in [0.05, 0.1) is 11.8 Å². The van der Waals surface area contributed by atoms with Gasteiger partial charge in [-0.2, -0.15) is 0 Å². The van der Waals surface area contributed by atoms with Crippen LogP contribution >= 0.6 is 0 Å². The maximum atomic E-state index is 12.0. The first kappa shape index (κ1) is 12.6. The third kappa shape index (κ3) is 2.36. The lowest BCUT2D eigenvalue weighted by Gasteiger charge is -2.31. The summed E-state index contributed by atoms with van der Waals surface area (Å²) in [6, 6.07) is -0.407. The van der Waals surface area contributed by atoms with Crippen LogP contribution in [0, 0.1) is 0 Å². The Balaban J connectivity index is 1.64. The van der Waals surface area contributed by atoms with Gasteiger partial charge < -0.3 is 25.2 Å². The monoisotopic (exact) mass is 268 g/mol. The second-order valence-electron chi connectivity index (χ2n) is 5.14. The number of urea groups is 1. The van der Waals surface area contributed by atoms with Crippen molar-refractivity contribution in [1.82, 2.24) is 10.2 Å². The summed E-state index contributed by atoms with van der Waals surface area (Å²) in [5, 5.41) is 21.9. The Morgan fingerprint density at radius 3 is 3.00 bits per heavy atom. The molecule has 1 aliphatic carbocycles. The number of epoxide rings is 1. The molecule has 0 aromatic heterocycles. The number of carbonyl (C=O) groups is 2. The molecule has 104 valence electrons. The molecule has 19 heavy (non-hydrogen) atoms. The highest BCUT2D eigenvalue weighted by atomic mass is 16.6. The van der Waals surface area contributed by atoms with Crippen LogP contribution in [-0.2, 0) is 9.53 Å². The number of carbonyl (C=O) groups excluding carboxylic acids is 2. The molecular weight excluding hydrogens is 252 g/mol. The van der Waals surface area contributed by atoms with Crippen LogP contribution in [0.3, 0.4) is 0 Å². The fourth-order valence-electron chi connectivity index (χ4n) is 2.54. The first-order valence-electron chi connectivity index (χ1n) is 6.39. The van der Waals surface area contributed by atoms with Crippen LogP contribution < -0.4 is 5.32 Å². The predicted molar refractivity (Wildman–Crippen MR) is 63.1 cm³/mol. The third-order valence-corrected chi connectivity index (χ3v) is 3.67. The summed E-state index contributed by atoms with van der Waals surface area (Å²) < 4.78 is 5.02. The molecule has 3 rings (SSSR count). The summed E-state index contributed by atoms with van der Waals surface area (Å²) in [6.45, 7) is 0.828. The smallest absolute Gasteiger partial charge is 0.321 e. The van der Waals surface area contributed by atoms with E-state index in [1.54, 1.807) is 0 Å². The lowest BCUT2D eigenvalue weighted by atomic mass is 10.0. The zero-order valence-corrected chi connectivity index (χ0v) is 10.3. The van der Waals surface area contributed by atoms with Crippen LogP contribution in [0.1, 0.15) is 12.8 Å². The van der Waals surface area contributed by atoms with Gasteiger partial charge in [-0.25, -0.2) is 4.79 Å². The van der Waals surface area contributed by atoms with Gasteiger partial charge in [-0.05, 0) is 12.8 Å². The molecule has 0 aromatic rings. The van der Waals surface area contributed by atoms with Gasteiger partial charge in [-0.3, -0.25) is 4.79 Å². The van der Waals surface area contributed by atoms with Gasteiger partial charge in [0.25, 0.3) is 0 Å². The molecular formula is C12H16N2O5. The molecule has 0 saturated carbocycles. The number of fused-ring (bicyclic) bond motifs is 1. The molecule has 2 heterocycles. The van der Waals surface area contributed by atoms with E-state index in [0.717, 1.165) is 6.42 Å². The van der Waals surface area contributed by atoms with Crippen LogP contribution in [0.5, 0.6) is 0 Å². The van der Waals surface area contributed by atoms with Gasteiger partial charge in [0, 0.05) is 19.2 Å². The average molecular weight is 268 g/mol. The highest BCUT2D eigenvalue weighted by Crippen LogP contribution is 2.33. The topological polar surface area (TPSA) is 102 Å². The van der Waals surface area contributed by atoms with E-state index in [2.05, 4.69) is 5.32 Å². The summed E-state index contributed by atoms with van der Waals surface area (Å²) in [4.78, 5) is 24.9. The minimum Gasteiger partial charge on any atom is -0.391 e. The number of ketones is 1. The zero-order chi connectivity index (χ0) is 13.6. The van der Waals surface area contributed by atoms with Gasteiger partial charge in [0.2, 0.25) is 0 Å². The van der Waals surface area contributed by atoms with Crippen molar-refractivity contribution in [3.63, 3.8) is 0 Å². The molecule has 4 atom stereocenters. The van der Waals surface area contributed by atoms with E-state index >= 15 is 0 Å². The highest BCUT2D eigenvalue weighted by molar-refractivity contribution is 5.98. The van der Waals surface area contributed by atoms with Gasteiger partial charge in [-0.15, -0.1) is 0 Å². The highest BCUT2D eigenvalue weighted by Gasteiger charge is 2.53. The summed E-state index contributed by atoms with van der Waals surface area (Å²) in [7, 11) is 0. The maximum Gasteiger partial charge on any atom is 0.321 e. The van der Waals surface area contributed by atoms with Gasteiger partial charge in [0.15, 0.2) is 5.78 Å². The quantitative estimate of drug-likeness (QED) is 0.516. The molecule has 0 bridgehead atoms. The van der Waals surface area contributed by atoms with Crippen LogP contribution in [0.25, 0.3) is 0 Å². The first-order valence-corrected chi connectivity index (χ1v) is 6.39. The van der Waals surface area contributed by atoms with Gasteiger partial charge in [0.1, 0.15) is 18.3 Å². The Bertz CT molecular complexity index is 449. The van der Waals surface area contributed by atoms with E-state index in [4.69, 9.17) is 4.74 Å². The molecule has 2 fully saturated rings. The molecule has 7 nitrogen and oxygen atoms in total. The van der Waals surface area contributed by atoms with Crippen molar-refractivity contribution in [1.29, 1.82) is 0 Å². The standard InChI is InChI=1S/C12H16N2O5/c15-6-2-1-3-14(5-6)12(18)13-7-4-8(16)10-11(19-10)9(7)17/h4,6,9-11,15,17H,1-3,5H2,(H,13,18). The number of likely N-dealkylation sites (tertiary alicyclic amines) is 1. The molecule has 3 N–H and O–H groups in total. The summed E-state index contributed by atoms with van der Waals surface area (Å²) in [5.74, 6) is -0.232. The number of aliphatic hydroxyl groups excluding tert-OH is 2. The molecule has 0 radical (unpaired) electrons. The molecule has 2 aliphatic heterocycles. The summed E-state index contributed by atoms with van der Waals surface area (Å²) >= 11 is 0. The largest absolute Gasteiger partial charge is 0.391 e. The Morgan fingerprint density at radius 2 is 2.26 bits per heavy atom. The minimum absolute atomic E-state index is 0.175. The SMILES string of the molecule is O=C1C=C(NC(=O)N2CCCC(O)C2)C(O)C2OC12. The Kier molecular flexibility index (Phi) is 3.04. The number of piperidine rings is 1. The Hall–Kier alpha value is -1.44. The van der Waals surface area contributed by atoms with Crippen molar-refractivity contribution < 1.29 is 24.5 Å².